The molecular weight excluding hydrogens is 351 g/mol. The van der Waals surface area contributed by atoms with E-state index >= 15 is 0 Å². The first-order valence-corrected chi connectivity index (χ1v) is 8.82. The van der Waals surface area contributed by atoms with Crippen LogP contribution in [0.2, 0.25) is 10.0 Å². The van der Waals surface area contributed by atoms with Crippen molar-refractivity contribution in [2.75, 3.05) is 0 Å². The van der Waals surface area contributed by atoms with Crippen LogP contribution in [0.15, 0.2) is 67.0 Å². The quantitative estimate of drug-likeness (QED) is 0.412. The minimum Gasteiger partial charge on any atom is -0.347 e. The van der Waals surface area contributed by atoms with E-state index in [9.17, 15) is 0 Å². The van der Waals surface area contributed by atoms with Gasteiger partial charge in [0.25, 0.3) is 0 Å². The summed E-state index contributed by atoms with van der Waals surface area (Å²) in [6.07, 6.45) is 4.22. The van der Waals surface area contributed by atoms with Gasteiger partial charge in [-0.2, -0.15) is 0 Å². The maximum absolute atomic E-state index is 6.44. The summed E-state index contributed by atoms with van der Waals surface area (Å²) in [6, 6.07) is 18.1. The predicted octanol–water partition coefficient (Wildman–Crippen LogP) is 6.37. The van der Waals surface area contributed by atoms with E-state index in [2.05, 4.69) is 52.3 Å². The van der Waals surface area contributed by atoms with E-state index in [1.807, 2.05) is 25.1 Å². The fraction of sp³-hybridized carbons (Fsp3) is 0.0952. The number of benzene rings is 2. The SMILES string of the molecule is Cc1cc(-c2ccc(Cl)cc2Cl)c2cn(Cc3ccccc3)cc2n1. The number of fused-ring (bicyclic) bond motifs is 1. The molecule has 124 valence electrons. The van der Waals surface area contributed by atoms with Crippen molar-refractivity contribution < 1.29 is 0 Å². The lowest BCUT2D eigenvalue weighted by atomic mass is 10.0. The molecule has 0 atom stereocenters. The molecular formula is C21H16Cl2N2. The maximum atomic E-state index is 6.44. The summed E-state index contributed by atoms with van der Waals surface area (Å²) in [6.45, 7) is 2.81. The van der Waals surface area contributed by atoms with Gasteiger partial charge in [0.2, 0.25) is 0 Å². The number of pyridine rings is 1. The van der Waals surface area contributed by atoms with Gasteiger partial charge < -0.3 is 4.57 Å². The van der Waals surface area contributed by atoms with Crippen molar-refractivity contribution in [2.24, 2.45) is 0 Å². The first kappa shape index (κ1) is 16.2. The van der Waals surface area contributed by atoms with E-state index in [0.29, 0.717) is 10.0 Å². The fourth-order valence-corrected chi connectivity index (χ4v) is 3.63. The smallest absolute Gasteiger partial charge is 0.0888 e. The molecule has 2 nitrogen and oxygen atoms in total. The molecule has 0 bridgehead atoms. The Labute approximate surface area is 156 Å². The van der Waals surface area contributed by atoms with Crippen LogP contribution in [0.25, 0.3) is 22.0 Å². The lowest BCUT2D eigenvalue weighted by molar-refractivity contribution is 0.809. The molecule has 2 aromatic carbocycles. The van der Waals surface area contributed by atoms with Gasteiger partial charge in [0.05, 0.1) is 5.52 Å². The number of nitrogens with zero attached hydrogens (tertiary/aromatic N) is 2. The second-order valence-electron chi connectivity index (χ2n) is 6.15. The largest absolute Gasteiger partial charge is 0.347 e. The zero-order valence-corrected chi connectivity index (χ0v) is 15.2. The van der Waals surface area contributed by atoms with Crippen molar-refractivity contribution in [2.45, 2.75) is 13.5 Å². The lowest BCUT2D eigenvalue weighted by Crippen LogP contribution is -1.95. The molecule has 0 aliphatic heterocycles. The number of rotatable bonds is 3. The molecule has 25 heavy (non-hydrogen) atoms. The zero-order chi connectivity index (χ0) is 17.4. The van der Waals surface area contributed by atoms with Crippen LogP contribution in [0.5, 0.6) is 0 Å². The minimum atomic E-state index is 0.636. The van der Waals surface area contributed by atoms with Crippen LogP contribution in [0.4, 0.5) is 0 Å². The van der Waals surface area contributed by atoms with Crippen molar-refractivity contribution >= 4 is 34.1 Å². The molecule has 0 aliphatic carbocycles. The standard InChI is InChI=1S/C21H16Cl2N2/c1-14-9-18(17-8-7-16(22)10-20(17)23)19-12-25(13-21(19)24-14)11-15-5-3-2-4-6-15/h2-10,12-13H,11H2,1H3. The van der Waals surface area contributed by atoms with Crippen LogP contribution in [0.3, 0.4) is 0 Å². The van der Waals surface area contributed by atoms with Gasteiger partial charge in [-0.25, -0.2) is 0 Å². The molecule has 0 aliphatic rings. The van der Waals surface area contributed by atoms with Gasteiger partial charge in [-0.3, -0.25) is 4.98 Å². The summed E-state index contributed by atoms with van der Waals surface area (Å²) in [4.78, 5) is 4.68. The highest BCUT2D eigenvalue weighted by molar-refractivity contribution is 6.36. The summed E-state index contributed by atoms with van der Waals surface area (Å²) in [5.41, 5.74) is 5.24. The Bertz CT molecular complexity index is 1050. The summed E-state index contributed by atoms with van der Waals surface area (Å²) in [5.74, 6) is 0. The molecule has 0 spiro atoms. The second kappa shape index (κ2) is 6.55. The Morgan fingerprint density at radius 2 is 1.72 bits per heavy atom. The zero-order valence-electron chi connectivity index (χ0n) is 13.7. The monoisotopic (exact) mass is 366 g/mol. The topological polar surface area (TPSA) is 17.8 Å². The van der Waals surface area contributed by atoms with Gasteiger partial charge in [-0.1, -0.05) is 59.6 Å². The Balaban J connectivity index is 1.84. The van der Waals surface area contributed by atoms with Crippen LogP contribution < -0.4 is 0 Å². The molecule has 4 aromatic rings. The van der Waals surface area contributed by atoms with Crippen LogP contribution in [0, 0.1) is 6.92 Å². The number of halogens is 2. The number of aryl methyl sites for hydroxylation is 1. The molecule has 0 unspecified atom stereocenters. The number of aromatic nitrogens is 2. The molecule has 0 N–H and O–H groups in total. The number of hydrogen-bond donors (Lipinski definition) is 0. The molecule has 0 radical (unpaired) electrons. The summed E-state index contributed by atoms with van der Waals surface area (Å²) in [7, 11) is 0. The molecule has 4 rings (SSSR count). The summed E-state index contributed by atoms with van der Waals surface area (Å²) < 4.78 is 2.17. The Kier molecular flexibility index (Phi) is 4.24. The highest BCUT2D eigenvalue weighted by atomic mass is 35.5. The Morgan fingerprint density at radius 1 is 0.920 bits per heavy atom. The molecule has 2 heterocycles. The molecule has 2 aromatic heterocycles. The summed E-state index contributed by atoms with van der Waals surface area (Å²) >= 11 is 12.5. The third-order valence-corrected chi connectivity index (χ3v) is 4.78. The molecule has 0 amide bonds. The van der Waals surface area contributed by atoms with Crippen LogP contribution in [0.1, 0.15) is 11.3 Å². The van der Waals surface area contributed by atoms with E-state index in [4.69, 9.17) is 23.2 Å². The molecule has 0 saturated heterocycles. The van der Waals surface area contributed by atoms with Crippen molar-refractivity contribution in [1.82, 2.24) is 9.55 Å². The highest BCUT2D eigenvalue weighted by Gasteiger charge is 2.12. The van der Waals surface area contributed by atoms with Crippen LogP contribution in [-0.4, -0.2) is 9.55 Å². The van der Waals surface area contributed by atoms with Crippen molar-refractivity contribution in [3.8, 4) is 11.1 Å². The Morgan fingerprint density at radius 3 is 2.48 bits per heavy atom. The third-order valence-electron chi connectivity index (χ3n) is 4.23. The normalized spacial score (nSPS) is 11.2. The van der Waals surface area contributed by atoms with E-state index in [1.165, 1.54) is 5.56 Å². The first-order valence-electron chi connectivity index (χ1n) is 8.06. The van der Waals surface area contributed by atoms with Crippen molar-refractivity contribution in [1.29, 1.82) is 0 Å². The minimum absolute atomic E-state index is 0.636. The van der Waals surface area contributed by atoms with E-state index < -0.39 is 0 Å². The van der Waals surface area contributed by atoms with Gasteiger partial charge in [0.15, 0.2) is 0 Å². The molecule has 0 saturated carbocycles. The molecule has 0 fully saturated rings. The van der Waals surface area contributed by atoms with Gasteiger partial charge in [0, 0.05) is 45.6 Å². The maximum Gasteiger partial charge on any atom is 0.0888 e. The highest BCUT2D eigenvalue weighted by Crippen LogP contribution is 2.35. The Hall–Kier alpha value is -2.29. The first-order chi connectivity index (χ1) is 12.1. The summed E-state index contributed by atoms with van der Waals surface area (Å²) in [5, 5.41) is 2.37. The predicted molar refractivity (Wildman–Crippen MR) is 105 cm³/mol. The van der Waals surface area contributed by atoms with E-state index in [1.54, 1.807) is 6.07 Å². The van der Waals surface area contributed by atoms with E-state index in [-0.39, 0.29) is 0 Å². The van der Waals surface area contributed by atoms with Crippen LogP contribution >= 0.6 is 23.2 Å². The fourth-order valence-electron chi connectivity index (χ4n) is 3.12. The van der Waals surface area contributed by atoms with Gasteiger partial charge in [-0.05, 0) is 36.2 Å². The van der Waals surface area contributed by atoms with Gasteiger partial charge in [0.1, 0.15) is 0 Å². The molecule has 4 heteroatoms. The lowest BCUT2D eigenvalue weighted by Gasteiger charge is -2.08. The van der Waals surface area contributed by atoms with Crippen molar-refractivity contribution in [3.05, 3.63) is 88.3 Å². The average Bonchev–Trinajstić information content (AvgIpc) is 2.97. The third kappa shape index (κ3) is 3.28. The van der Waals surface area contributed by atoms with Crippen molar-refractivity contribution in [3.63, 3.8) is 0 Å². The number of hydrogen-bond acceptors (Lipinski definition) is 1. The van der Waals surface area contributed by atoms with Gasteiger partial charge in [-0.15, -0.1) is 0 Å². The second-order valence-corrected chi connectivity index (χ2v) is 6.99. The van der Waals surface area contributed by atoms with Gasteiger partial charge >= 0.3 is 0 Å². The van der Waals surface area contributed by atoms with E-state index in [0.717, 1.165) is 34.3 Å². The average molecular weight is 367 g/mol. The van der Waals surface area contributed by atoms with Crippen LogP contribution in [-0.2, 0) is 6.54 Å².